The summed E-state index contributed by atoms with van der Waals surface area (Å²) in [5, 5.41) is 9.59. The van der Waals surface area contributed by atoms with Crippen LogP contribution in [0.15, 0.2) is 60.9 Å². The molecule has 0 radical (unpaired) electrons. The van der Waals surface area contributed by atoms with Gasteiger partial charge in [-0.3, -0.25) is 4.90 Å². The maximum atomic E-state index is 12.9. The summed E-state index contributed by atoms with van der Waals surface area (Å²) in [6, 6.07) is 16.2. The molecule has 2 heterocycles. The van der Waals surface area contributed by atoms with E-state index < -0.39 is 12.1 Å². The average molecular weight is 431 g/mol. The number of nitrogens with zero attached hydrogens (tertiary/aromatic N) is 3. The van der Waals surface area contributed by atoms with E-state index in [0.29, 0.717) is 10.3 Å². The van der Waals surface area contributed by atoms with Gasteiger partial charge in [-0.15, -0.1) is 11.3 Å². The van der Waals surface area contributed by atoms with E-state index in [4.69, 9.17) is 4.74 Å². The van der Waals surface area contributed by atoms with Crippen LogP contribution < -0.4 is 4.90 Å². The Morgan fingerprint density at radius 1 is 1.03 bits per heavy atom. The minimum absolute atomic E-state index is 0.00259. The summed E-state index contributed by atoms with van der Waals surface area (Å²) < 4.78 is 5.66. The number of thiophene rings is 1. The lowest BCUT2D eigenvalue weighted by Gasteiger charge is -2.19. The van der Waals surface area contributed by atoms with Gasteiger partial charge in [0.25, 0.3) is 0 Å². The highest BCUT2D eigenvalue weighted by atomic mass is 32.1. The molecule has 0 spiro atoms. The van der Waals surface area contributed by atoms with E-state index in [9.17, 15) is 14.7 Å². The first-order valence-corrected chi connectivity index (χ1v) is 10.4. The molecule has 2 aromatic heterocycles. The molecule has 0 unspecified atom stereocenters. The number of carboxylic acids is 1. The molecule has 0 bridgehead atoms. The summed E-state index contributed by atoms with van der Waals surface area (Å²) in [7, 11) is 1.49. The molecule has 1 aliphatic carbocycles. The van der Waals surface area contributed by atoms with Gasteiger partial charge in [-0.05, 0) is 22.3 Å². The molecular formula is C23H17N3O4S. The number of aromatic carboxylic acids is 1. The number of ether oxygens (including phenoxy) is 1. The largest absolute Gasteiger partial charge is 0.477 e. The van der Waals surface area contributed by atoms with Crippen LogP contribution in [0.4, 0.5) is 10.5 Å². The molecule has 2 aromatic carbocycles. The standard InChI is InChI=1S/C23H17N3O4S/c1-26(19-18-21(25-11-10-24-18)31-20(19)22(27)28)23(29)30-12-17-15-8-4-2-6-13(15)14-7-3-5-9-16(14)17/h2-11,17H,12H2,1H3,(H,27,28). The molecule has 0 saturated carbocycles. The summed E-state index contributed by atoms with van der Waals surface area (Å²) in [5.41, 5.74) is 5.05. The summed E-state index contributed by atoms with van der Waals surface area (Å²) in [5.74, 6) is -1.22. The van der Waals surface area contributed by atoms with Gasteiger partial charge in [0, 0.05) is 25.4 Å². The number of anilines is 1. The molecule has 1 N–H and O–H groups in total. The van der Waals surface area contributed by atoms with Gasteiger partial charge in [-0.25, -0.2) is 19.6 Å². The Morgan fingerprint density at radius 3 is 2.29 bits per heavy atom. The van der Waals surface area contributed by atoms with Crippen molar-refractivity contribution in [2.45, 2.75) is 5.92 Å². The Balaban J connectivity index is 1.43. The van der Waals surface area contributed by atoms with Crippen LogP contribution in [0.2, 0.25) is 0 Å². The van der Waals surface area contributed by atoms with Crippen LogP contribution in [0, 0.1) is 0 Å². The van der Waals surface area contributed by atoms with E-state index in [0.717, 1.165) is 33.6 Å². The summed E-state index contributed by atoms with van der Waals surface area (Å²) in [6.45, 7) is 0.146. The Bertz CT molecular complexity index is 1290. The first-order valence-electron chi connectivity index (χ1n) is 9.61. The van der Waals surface area contributed by atoms with Crippen molar-refractivity contribution in [3.05, 3.63) is 76.9 Å². The van der Waals surface area contributed by atoms with Crippen molar-refractivity contribution in [3.8, 4) is 11.1 Å². The minimum atomic E-state index is -1.14. The van der Waals surface area contributed by atoms with Gasteiger partial charge in [0.2, 0.25) is 0 Å². The van der Waals surface area contributed by atoms with Gasteiger partial charge < -0.3 is 9.84 Å². The zero-order chi connectivity index (χ0) is 21.5. The zero-order valence-corrected chi connectivity index (χ0v) is 17.3. The Morgan fingerprint density at radius 2 is 1.65 bits per heavy atom. The van der Waals surface area contributed by atoms with Gasteiger partial charge >= 0.3 is 12.1 Å². The summed E-state index contributed by atoms with van der Waals surface area (Å²) >= 11 is 0.980. The molecule has 0 fully saturated rings. The molecule has 0 saturated heterocycles. The number of hydrogen-bond donors (Lipinski definition) is 1. The number of carbonyl (C=O) groups excluding carboxylic acids is 1. The fourth-order valence-electron chi connectivity index (χ4n) is 4.05. The van der Waals surface area contributed by atoms with E-state index >= 15 is 0 Å². The van der Waals surface area contributed by atoms with Crippen LogP contribution in [0.5, 0.6) is 0 Å². The smallest absolute Gasteiger partial charge is 0.414 e. The lowest BCUT2D eigenvalue weighted by atomic mass is 9.98. The molecule has 1 aliphatic rings. The number of aromatic nitrogens is 2. The number of amides is 1. The Kier molecular flexibility index (Phi) is 4.63. The molecule has 4 aromatic rings. The molecule has 7 nitrogen and oxygen atoms in total. The fourth-order valence-corrected chi connectivity index (χ4v) is 5.02. The van der Waals surface area contributed by atoms with Crippen LogP contribution in [-0.4, -0.2) is 40.8 Å². The number of fused-ring (bicyclic) bond motifs is 4. The third-order valence-corrected chi connectivity index (χ3v) is 6.51. The number of hydrogen-bond acceptors (Lipinski definition) is 6. The molecule has 154 valence electrons. The maximum absolute atomic E-state index is 12.9. The Labute approximate surface area is 181 Å². The van der Waals surface area contributed by atoms with Crippen LogP contribution in [-0.2, 0) is 4.74 Å². The highest BCUT2D eigenvalue weighted by Gasteiger charge is 2.31. The van der Waals surface area contributed by atoms with Gasteiger partial charge in [0.05, 0.1) is 0 Å². The quantitative estimate of drug-likeness (QED) is 0.500. The third kappa shape index (κ3) is 3.12. The van der Waals surface area contributed by atoms with Crippen molar-refractivity contribution >= 4 is 39.4 Å². The topological polar surface area (TPSA) is 92.6 Å². The monoisotopic (exact) mass is 431 g/mol. The predicted octanol–water partition coefficient (Wildman–Crippen LogP) is 4.77. The molecule has 31 heavy (non-hydrogen) atoms. The lowest BCUT2D eigenvalue weighted by molar-refractivity contribution is 0.0703. The minimum Gasteiger partial charge on any atom is -0.477 e. The highest BCUT2D eigenvalue weighted by Crippen LogP contribution is 2.44. The van der Waals surface area contributed by atoms with Gasteiger partial charge in [0.1, 0.15) is 27.5 Å². The van der Waals surface area contributed by atoms with Gasteiger partial charge in [0.15, 0.2) is 0 Å². The number of rotatable bonds is 4. The molecule has 1 amide bonds. The van der Waals surface area contributed by atoms with E-state index in [1.165, 1.54) is 24.3 Å². The third-order valence-electron chi connectivity index (χ3n) is 5.44. The van der Waals surface area contributed by atoms with Crippen molar-refractivity contribution in [1.29, 1.82) is 0 Å². The first kappa shape index (κ1) is 19.2. The summed E-state index contributed by atoms with van der Waals surface area (Å²) in [4.78, 5) is 34.7. The van der Waals surface area contributed by atoms with Crippen molar-refractivity contribution in [2.24, 2.45) is 0 Å². The molecular weight excluding hydrogens is 414 g/mol. The Hall–Kier alpha value is -3.78. The van der Waals surface area contributed by atoms with Crippen LogP contribution in [0.25, 0.3) is 21.5 Å². The zero-order valence-electron chi connectivity index (χ0n) is 16.5. The molecule has 5 rings (SSSR count). The number of carboxylic acid groups (broad SMARTS) is 1. The molecule has 8 heteroatoms. The van der Waals surface area contributed by atoms with Crippen molar-refractivity contribution in [2.75, 3.05) is 18.6 Å². The van der Waals surface area contributed by atoms with Crippen molar-refractivity contribution in [3.63, 3.8) is 0 Å². The van der Waals surface area contributed by atoms with Crippen LogP contribution >= 0.6 is 11.3 Å². The van der Waals surface area contributed by atoms with Gasteiger partial charge in [-0.1, -0.05) is 48.5 Å². The summed E-state index contributed by atoms with van der Waals surface area (Å²) in [6.07, 6.45) is 2.31. The van der Waals surface area contributed by atoms with Crippen molar-refractivity contribution < 1.29 is 19.4 Å². The van der Waals surface area contributed by atoms with E-state index in [1.807, 2.05) is 36.4 Å². The second-order valence-electron chi connectivity index (χ2n) is 7.16. The number of carbonyl (C=O) groups is 2. The molecule has 0 aliphatic heterocycles. The highest BCUT2D eigenvalue weighted by molar-refractivity contribution is 7.21. The predicted molar refractivity (Wildman–Crippen MR) is 118 cm³/mol. The van der Waals surface area contributed by atoms with Crippen molar-refractivity contribution in [1.82, 2.24) is 9.97 Å². The maximum Gasteiger partial charge on any atom is 0.414 e. The molecule has 0 atom stereocenters. The van der Waals surface area contributed by atoms with E-state index in [2.05, 4.69) is 22.1 Å². The second kappa shape index (κ2) is 7.48. The van der Waals surface area contributed by atoms with Crippen LogP contribution in [0.1, 0.15) is 26.7 Å². The second-order valence-corrected chi connectivity index (χ2v) is 8.16. The SMILES string of the molecule is CN(C(=O)OCC1c2ccccc2-c2ccccc21)c1c(C(=O)O)sc2nccnc12. The van der Waals surface area contributed by atoms with Gasteiger partial charge in [-0.2, -0.15) is 0 Å². The normalized spacial score (nSPS) is 12.4. The fraction of sp³-hybridized carbons (Fsp3) is 0.130. The number of benzene rings is 2. The average Bonchev–Trinajstić information content (AvgIpc) is 3.33. The van der Waals surface area contributed by atoms with E-state index in [1.54, 1.807) is 0 Å². The first-order chi connectivity index (χ1) is 15.1. The lowest BCUT2D eigenvalue weighted by Crippen LogP contribution is -2.29. The van der Waals surface area contributed by atoms with Crippen LogP contribution in [0.3, 0.4) is 0 Å². The van der Waals surface area contributed by atoms with E-state index in [-0.39, 0.29) is 23.1 Å².